The fourth-order valence-electron chi connectivity index (χ4n) is 5.54. The SMILES string of the molecule is CNc1cccc2c(S(=O)NCc3ccc[n+](-c4ccc(O)c(O)c4C(=O)NC4C(=O)N(CCc5cnc[nH]5)OC4C)c3)cccc12. The average Bonchev–Trinajstić information content (AvgIpc) is 3.70. The summed E-state index contributed by atoms with van der Waals surface area (Å²) >= 11 is 0. The summed E-state index contributed by atoms with van der Waals surface area (Å²) in [5, 5.41) is 30.0. The molecule has 5 aromatic rings. The number of nitrogens with zero attached hydrogens (tertiary/aromatic N) is 3. The van der Waals surface area contributed by atoms with E-state index in [1.54, 1.807) is 42.5 Å². The lowest BCUT2D eigenvalue weighted by Gasteiger charge is -2.15. The Kier molecular flexibility index (Phi) is 9.15. The van der Waals surface area contributed by atoms with Gasteiger partial charge in [0.15, 0.2) is 29.5 Å². The summed E-state index contributed by atoms with van der Waals surface area (Å²) in [4.78, 5) is 40.0. The molecule has 3 heterocycles. The second-order valence-electron chi connectivity index (χ2n) is 11.0. The molecule has 3 unspecified atom stereocenters. The van der Waals surface area contributed by atoms with E-state index >= 15 is 0 Å². The number of hydrogen-bond donors (Lipinski definition) is 6. The smallest absolute Gasteiger partial charge is 0.271 e. The number of phenolic OH excluding ortho intramolecular Hbond substituents is 2. The van der Waals surface area contributed by atoms with Gasteiger partial charge in [0.1, 0.15) is 23.1 Å². The number of pyridine rings is 1. The number of aromatic nitrogens is 3. The minimum Gasteiger partial charge on any atom is -0.504 e. The van der Waals surface area contributed by atoms with Crippen LogP contribution in [0.3, 0.4) is 0 Å². The number of H-pyrrole nitrogens is 1. The van der Waals surface area contributed by atoms with E-state index in [-0.39, 0.29) is 24.3 Å². The molecule has 2 aromatic heterocycles. The number of nitrogens with one attached hydrogen (secondary N) is 4. The molecule has 0 spiro atoms. The third-order valence-electron chi connectivity index (χ3n) is 7.96. The van der Waals surface area contributed by atoms with Gasteiger partial charge in [0.25, 0.3) is 11.8 Å². The Morgan fingerprint density at radius 1 is 1.11 bits per heavy atom. The zero-order valence-corrected chi connectivity index (χ0v) is 26.5. The van der Waals surface area contributed by atoms with Crippen molar-refractivity contribution in [3.8, 4) is 17.2 Å². The van der Waals surface area contributed by atoms with Crippen LogP contribution >= 0.6 is 0 Å². The molecule has 0 bridgehead atoms. The van der Waals surface area contributed by atoms with Crippen LogP contribution in [0.15, 0.2) is 90.5 Å². The van der Waals surface area contributed by atoms with Gasteiger partial charge in [0.2, 0.25) is 5.69 Å². The van der Waals surface area contributed by atoms with E-state index in [1.807, 2.05) is 49.5 Å². The molecule has 0 aliphatic carbocycles. The van der Waals surface area contributed by atoms with Gasteiger partial charge in [-0.05, 0) is 31.2 Å². The summed E-state index contributed by atoms with van der Waals surface area (Å²) in [6.07, 6.45) is 6.40. The largest absolute Gasteiger partial charge is 0.504 e. The molecular formula is C33H34N7O6S+. The van der Waals surface area contributed by atoms with Crippen LogP contribution in [0.5, 0.6) is 11.5 Å². The quantitative estimate of drug-likeness (QED) is 0.0930. The number of aromatic amines is 1. The molecule has 0 saturated carbocycles. The summed E-state index contributed by atoms with van der Waals surface area (Å²) in [6.45, 7) is 2.13. The molecule has 1 fully saturated rings. The van der Waals surface area contributed by atoms with Crippen molar-refractivity contribution < 1.29 is 33.4 Å². The van der Waals surface area contributed by atoms with Crippen molar-refractivity contribution in [3.63, 3.8) is 0 Å². The van der Waals surface area contributed by atoms with Crippen molar-refractivity contribution in [2.75, 3.05) is 18.9 Å². The molecule has 13 nitrogen and oxygen atoms in total. The number of benzene rings is 3. The molecule has 47 heavy (non-hydrogen) atoms. The second kappa shape index (κ2) is 13.6. The van der Waals surface area contributed by atoms with E-state index in [0.29, 0.717) is 11.3 Å². The number of carbonyl (C=O) groups excluding carboxylic acids is 2. The van der Waals surface area contributed by atoms with Crippen LogP contribution in [0, 0.1) is 0 Å². The third-order valence-corrected chi connectivity index (χ3v) is 9.12. The fourth-order valence-corrected chi connectivity index (χ4v) is 6.58. The van der Waals surface area contributed by atoms with E-state index in [2.05, 4.69) is 25.3 Å². The van der Waals surface area contributed by atoms with Crippen LogP contribution in [0.4, 0.5) is 5.69 Å². The van der Waals surface area contributed by atoms with Gasteiger partial charge >= 0.3 is 0 Å². The highest BCUT2D eigenvalue weighted by atomic mass is 32.2. The monoisotopic (exact) mass is 656 g/mol. The highest BCUT2D eigenvalue weighted by Gasteiger charge is 2.41. The van der Waals surface area contributed by atoms with Crippen LogP contribution in [0.2, 0.25) is 0 Å². The number of anilines is 1. The number of amides is 2. The molecule has 1 aliphatic rings. The number of phenols is 2. The lowest BCUT2D eigenvalue weighted by Crippen LogP contribution is -2.46. The van der Waals surface area contributed by atoms with Crippen LogP contribution < -0.4 is 19.9 Å². The van der Waals surface area contributed by atoms with Crippen LogP contribution in [0.1, 0.15) is 28.5 Å². The minimum absolute atomic E-state index is 0.223. The summed E-state index contributed by atoms with van der Waals surface area (Å²) < 4.78 is 18.0. The van der Waals surface area contributed by atoms with Gasteiger partial charge in [-0.2, -0.15) is 4.57 Å². The summed E-state index contributed by atoms with van der Waals surface area (Å²) in [5.74, 6) is -2.34. The maximum Gasteiger partial charge on any atom is 0.271 e. The Hall–Kier alpha value is -5.31. The maximum absolute atomic E-state index is 13.6. The van der Waals surface area contributed by atoms with Crippen molar-refractivity contribution in [1.82, 2.24) is 25.1 Å². The molecule has 1 aliphatic heterocycles. The first-order valence-corrected chi connectivity index (χ1v) is 16.1. The van der Waals surface area contributed by atoms with Gasteiger partial charge in [-0.15, -0.1) is 0 Å². The number of fused-ring (bicyclic) bond motifs is 1. The van der Waals surface area contributed by atoms with E-state index in [0.717, 1.165) is 27.7 Å². The number of imidazole rings is 1. The van der Waals surface area contributed by atoms with E-state index in [1.165, 1.54) is 17.2 Å². The molecule has 6 N–H and O–H groups in total. The molecule has 3 aromatic carbocycles. The van der Waals surface area contributed by atoms with Crippen molar-refractivity contribution in [3.05, 3.63) is 102 Å². The number of rotatable bonds is 11. The van der Waals surface area contributed by atoms with Crippen molar-refractivity contribution in [1.29, 1.82) is 0 Å². The standard InChI is InChI=1S/C33H33N7O6S/c1-20-30(33(44)40(46-20)15-13-22-17-35-19-36-22)38-32(43)29-26(11-12-27(41)31(29)42)39-14-5-6-21(18-39)16-37-47(45)28-10-4-7-23-24(28)8-3-9-25(23)34-2/h3-12,14,17-20,30,34,37H,13,15-16H2,1-2H3,(H3-,35,36,38,41,42,43)/p+1. The predicted molar refractivity (Wildman–Crippen MR) is 174 cm³/mol. The second-order valence-corrected chi connectivity index (χ2v) is 12.2. The molecule has 2 amide bonds. The first-order chi connectivity index (χ1) is 22.7. The highest BCUT2D eigenvalue weighted by Crippen LogP contribution is 2.32. The molecule has 242 valence electrons. The number of aromatic hydroxyl groups is 2. The average molecular weight is 657 g/mol. The van der Waals surface area contributed by atoms with Gasteiger partial charge in [-0.25, -0.2) is 19.0 Å². The molecule has 0 radical (unpaired) electrons. The zero-order valence-electron chi connectivity index (χ0n) is 25.6. The molecular weight excluding hydrogens is 622 g/mol. The Labute approximate surface area is 272 Å². The summed E-state index contributed by atoms with van der Waals surface area (Å²) in [6, 6.07) is 16.8. The van der Waals surface area contributed by atoms with Gasteiger partial charge in [0.05, 0.1) is 17.8 Å². The fraction of sp³-hybridized carbons (Fsp3) is 0.212. The van der Waals surface area contributed by atoms with E-state index in [9.17, 15) is 24.0 Å². The molecule has 3 atom stereocenters. The van der Waals surface area contributed by atoms with Gasteiger partial charge in [-0.1, -0.05) is 24.3 Å². The highest BCUT2D eigenvalue weighted by molar-refractivity contribution is 7.83. The Balaban J connectivity index is 1.19. The molecule has 1 saturated heterocycles. The first-order valence-electron chi connectivity index (χ1n) is 14.9. The van der Waals surface area contributed by atoms with Crippen LogP contribution in [-0.4, -0.2) is 67.0 Å². The number of hydroxylamine groups is 2. The Morgan fingerprint density at radius 3 is 2.70 bits per heavy atom. The summed E-state index contributed by atoms with van der Waals surface area (Å²) in [7, 11) is 0.301. The van der Waals surface area contributed by atoms with Crippen molar-refractivity contribution in [2.24, 2.45) is 0 Å². The lowest BCUT2D eigenvalue weighted by atomic mass is 10.1. The van der Waals surface area contributed by atoms with Crippen molar-refractivity contribution >= 4 is 39.3 Å². The first kappa shape index (κ1) is 31.7. The minimum atomic E-state index is -1.54. The topological polar surface area (TPSA) is 173 Å². The normalized spacial score (nSPS) is 16.8. The number of hydrogen-bond acceptors (Lipinski definition) is 8. The van der Waals surface area contributed by atoms with Gasteiger partial charge < -0.3 is 25.8 Å². The van der Waals surface area contributed by atoms with Crippen LogP contribution in [-0.2, 0) is 33.6 Å². The lowest BCUT2D eigenvalue weighted by molar-refractivity contribution is -0.596. The summed E-state index contributed by atoms with van der Waals surface area (Å²) in [5.41, 5.74) is 2.52. The van der Waals surface area contributed by atoms with Crippen LogP contribution in [0.25, 0.3) is 16.5 Å². The Bertz CT molecular complexity index is 1970. The Morgan fingerprint density at radius 2 is 1.91 bits per heavy atom. The van der Waals surface area contributed by atoms with Crippen molar-refractivity contribution in [2.45, 2.75) is 36.9 Å². The predicted octanol–water partition coefficient (Wildman–Crippen LogP) is 2.61. The maximum atomic E-state index is 13.6. The molecule has 14 heteroatoms. The van der Waals surface area contributed by atoms with E-state index in [4.69, 9.17) is 4.84 Å². The van der Waals surface area contributed by atoms with E-state index < -0.39 is 46.4 Å². The molecule has 6 rings (SSSR count). The third kappa shape index (κ3) is 6.52. The van der Waals surface area contributed by atoms with Gasteiger partial charge in [0, 0.05) is 66.1 Å². The van der Waals surface area contributed by atoms with Gasteiger partial charge in [-0.3, -0.25) is 14.4 Å². The number of carbonyl (C=O) groups is 2. The zero-order chi connectivity index (χ0) is 33.1.